The maximum atomic E-state index is 5.17. The van der Waals surface area contributed by atoms with Gasteiger partial charge >= 0.3 is 0 Å². The summed E-state index contributed by atoms with van der Waals surface area (Å²) in [5, 5.41) is 7.84. The van der Waals surface area contributed by atoms with Gasteiger partial charge in [-0.3, -0.25) is 4.90 Å². The molecule has 2 heteroatoms. The van der Waals surface area contributed by atoms with Crippen molar-refractivity contribution in [3.63, 3.8) is 0 Å². The Labute approximate surface area is 324 Å². The lowest BCUT2D eigenvalue weighted by Gasteiger charge is -2.32. The van der Waals surface area contributed by atoms with E-state index in [1.807, 2.05) is 0 Å². The van der Waals surface area contributed by atoms with Crippen LogP contribution in [0.15, 0.2) is 174 Å². The highest BCUT2D eigenvalue weighted by atomic mass is 15.2. The molecule has 0 N–H and O–H groups in total. The normalized spacial score (nSPS) is 17.6. The summed E-state index contributed by atoms with van der Waals surface area (Å²) in [4.78, 5) is 7.58. The summed E-state index contributed by atoms with van der Waals surface area (Å²) < 4.78 is 0. The first-order chi connectivity index (χ1) is 27.1. The summed E-state index contributed by atoms with van der Waals surface area (Å²) in [6.45, 7) is 4.39. The predicted molar refractivity (Wildman–Crippen MR) is 237 cm³/mol. The molecule has 0 saturated heterocycles. The van der Waals surface area contributed by atoms with Gasteiger partial charge in [0, 0.05) is 29.1 Å². The van der Waals surface area contributed by atoms with Gasteiger partial charge in [0.05, 0.1) is 0 Å². The second-order valence-corrected chi connectivity index (χ2v) is 15.4. The van der Waals surface area contributed by atoms with Gasteiger partial charge in [-0.05, 0) is 153 Å². The van der Waals surface area contributed by atoms with E-state index in [9.17, 15) is 0 Å². The Morgan fingerprint density at radius 1 is 0.600 bits per heavy atom. The summed E-state index contributed by atoms with van der Waals surface area (Å²) in [5.74, 6) is 1.31. The maximum Gasteiger partial charge on any atom is 0.140 e. The van der Waals surface area contributed by atoms with Crippen LogP contribution >= 0.6 is 0 Å². The zero-order valence-electron chi connectivity index (χ0n) is 31.6. The number of hydrogen-bond donors (Lipinski definition) is 0. The van der Waals surface area contributed by atoms with Gasteiger partial charge in [0.1, 0.15) is 5.82 Å². The minimum absolute atomic E-state index is 0.315. The standard InChI is InChI=1S/C53H44N2/c1-35-30-36(2)32-42(31-35)55(53-43-23-13-12-20-39(43)28-29-54-53)41-26-27-46-49(33-41)44-24-14-15-25-45(44)51-48(38-18-8-4-9-19-38)34-47(37-16-6-3-7-17-37)50(52(46)51)40-21-10-5-11-22-40/h3-8,10,12-18,20-21,23-27,29-34,39H,9,11,19,22,28H2,1-2H3. The number of hydrogen-bond acceptors (Lipinski definition) is 2. The van der Waals surface area contributed by atoms with Crippen LogP contribution in [0.25, 0.3) is 54.6 Å². The molecule has 0 bridgehead atoms. The molecule has 1 aliphatic heterocycles. The maximum absolute atomic E-state index is 5.17. The van der Waals surface area contributed by atoms with Crippen LogP contribution in [0.2, 0.25) is 0 Å². The summed E-state index contributed by atoms with van der Waals surface area (Å²) >= 11 is 0. The first-order valence-corrected chi connectivity index (χ1v) is 19.8. The molecule has 2 nitrogen and oxygen atoms in total. The number of allylic oxidation sites excluding steroid dienone is 13. The van der Waals surface area contributed by atoms with Crippen molar-refractivity contribution < 1.29 is 0 Å². The molecule has 3 aliphatic carbocycles. The molecule has 55 heavy (non-hydrogen) atoms. The molecule has 1 heterocycles. The molecule has 0 fully saturated rings. The highest BCUT2D eigenvalue weighted by Gasteiger charge is 2.27. The second-order valence-electron chi connectivity index (χ2n) is 15.4. The van der Waals surface area contributed by atoms with E-state index in [4.69, 9.17) is 4.99 Å². The van der Waals surface area contributed by atoms with Gasteiger partial charge in [-0.2, -0.15) is 0 Å². The van der Waals surface area contributed by atoms with E-state index in [0.29, 0.717) is 5.92 Å². The van der Waals surface area contributed by atoms with Crippen molar-refractivity contribution in [3.8, 4) is 11.1 Å². The first-order valence-electron chi connectivity index (χ1n) is 19.8. The Morgan fingerprint density at radius 2 is 1.33 bits per heavy atom. The van der Waals surface area contributed by atoms with Crippen LogP contribution in [-0.2, 0) is 0 Å². The van der Waals surface area contributed by atoms with Crippen LogP contribution in [0.4, 0.5) is 11.4 Å². The van der Waals surface area contributed by atoms with Crippen LogP contribution in [0, 0.1) is 19.8 Å². The molecule has 0 amide bonds. The third-order valence-corrected chi connectivity index (χ3v) is 11.8. The van der Waals surface area contributed by atoms with Crippen LogP contribution in [0.5, 0.6) is 0 Å². The van der Waals surface area contributed by atoms with Gasteiger partial charge in [-0.25, -0.2) is 4.99 Å². The Kier molecular flexibility index (Phi) is 8.40. The van der Waals surface area contributed by atoms with Crippen molar-refractivity contribution in [1.82, 2.24) is 0 Å². The Balaban J connectivity index is 1.35. The molecular weight excluding hydrogens is 665 g/mol. The summed E-state index contributed by atoms with van der Waals surface area (Å²) in [6, 6.07) is 36.8. The molecule has 0 spiro atoms. The predicted octanol–water partition coefficient (Wildman–Crippen LogP) is 14.5. The lowest BCUT2D eigenvalue weighted by Crippen LogP contribution is -2.22. The third-order valence-electron chi connectivity index (χ3n) is 11.8. The van der Waals surface area contributed by atoms with Crippen LogP contribution in [0.3, 0.4) is 0 Å². The van der Waals surface area contributed by atoms with E-state index in [1.54, 1.807) is 0 Å². The van der Waals surface area contributed by atoms with E-state index in [-0.39, 0.29) is 0 Å². The van der Waals surface area contributed by atoms with Gasteiger partial charge in [-0.15, -0.1) is 0 Å². The molecule has 0 radical (unpaired) electrons. The average molecular weight is 709 g/mol. The summed E-state index contributed by atoms with van der Waals surface area (Å²) in [7, 11) is 0. The SMILES string of the molecule is Cc1cc(C)cc(N(C2=C3C=CC=CC3CC=N2)c2ccc3c(c2)c2ccccc2c2c(C4=CC=CCC4)cc(-c4ccccc4)c(C4=CC=CCC4)c32)c1. The first kappa shape index (κ1) is 33.3. The molecule has 10 rings (SSSR count). The average Bonchev–Trinajstić information content (AvgIpc) is 3.24. The van der Waals surface area contributed by atoms with E-state index in [0.717, 1.165) is 49.3 Å². The van der Waals surface area contributed by atoms with Crippen molar-refractivity contribution in [2.75, 3.05) is 4.90 Å². The van der Waals surface area contributed by atoms with Crippen LogP contribution in [-0.4, -0.2) is 6.21 Å². The van der Waals surface area contributed by atoms with Gasteiger partial charge < -0.3 is 0 Å². The van der Waals surface area contributed by atoms with Gasteiger partial charge in [0.2, 0.25) is 0 Å². The van der Waals surface area contributed by atoms with E-state index < -0.39 is 0 Å². The number of aryl methyl sites for hydroxylation is 2. The minimum atomic E-state index is 0.315. The topological polar surface area (TPSA) is 15.6 Å². The molecule has 4 aliphatic rings. The van der Waals surface area contributed by atoms with E-state index in [2.05, 4.69) is 183 Å². The molecule has 0 aromatic heterocycles. The molecule has 1 atom stereocenters. The summed E-state index contributed by atoms with van der Waals surface area (Å²) in [5.41, 5.74) is 14.1. The quantitative estimate of drug-likeness (QED) is 0.157. The number of anilines is 2. The van der Waals surface area contributed by atoms with Crippen molar-refractivity contribution in [2.45, 2.75) is 46.0 Å². The number of fused-ring (bicyclic) bond motifs is 7. The molecule has 266 valence electrons. The van der Waals surface area contributed by atoms with Gasteiger partial charge in [0.25, 0.3) is 0 Å². The van der Waals surface area contributed by atoms with Gasteiger partial charge in [0.15, 0.2) is 0 Å². The number of aliphatic imine (C=N–C) groups is 1. The number of nitrogens with zero attached hydrogens (tertiary/aromatic N) is 2. The van der Waals surface area contributed by atoms with Crippen LogP contribution < -0.4 is 4.90 Å². The highest BCUT2D eigenvalue weighted by Crippen LogP contribution is 2.49. The second kappa shape index (κ2) is 13.9. The summed E-state index contributed by atoms with van der Waals surface area (Å²) in [6.07, 6.45) is 29.9. The smallest absolute Gasteiger partial charge is 0.140 e. The zero-order chi connectivity index (χ0) is 36.9. The van der Waals surface area contributed by atoms with Gasteiger partial charge in [-0.1, -0.05) is 127 Å². The molecule has 6 aromatic carbocycles. The fourth-order valence-corrected chi connectivity index (χ4v) is 9.37. The van der Waals surface area contributed by atoms with Crippen molar-refractivity contribution >= 4 is 61.1 Å². The van der Waals surface area contributed by atoms with E-state index >= 15 is 0 Å². The lowest BCUT2D eigenvalue weighted by molar-refractivity contribution is 0.782. The largest absolute Gasteiger partial charge is 0.295 e. The van der Waals surface area contributed by atoms with Crippen molar-refractivity contribution in [2.24, 2.45) is 10.9 Å². The molecule has 6 aromatic rings. The number of rotatable bonds is 6. The van der Waals surface area contributed by atoms with Crippen molar-refractivity contribution in [3.05, 3.63) is 191 Å². The minimum Gasteiger partial charge on any atom is -0.295 e. The Hall–Kier alpha value is -6.25. The third kappa shape index (κ3) is 5.85. The van der Waals surface area contributed by atoms with E-state index in [1.165, 1.54) is 82.4 Å². The number of benzene rings is 6. The van der Waals surface area contributed by atoms with Crippen molar-refractivity contribution in [1.29, 1.82) is 0 Å². The molecule has 0 saturated carbocycles. The molecular formula is C53H44N2. The molecule has 1 unspecified atom stereocenters. The lowest BCUT2D eigenvalue weighted by atomic mass is 9.79. The zero-order valence-corrected chi connectivity index (χ0v) is 31.6. The highest BCUT2D eigenvalue weighted by molar-refractivity contribution is 6.31. The Morgan fingerprint density at radius 3 is 2.09 bits per heavy atom. The monoisotopic (exact) mass is 708 g/mol. The fraction of sp³-hybridized carbons (Fsp3) is 0.151. The van der Waals surface area contributed by atoms with Crippen LogP contribution in [0.1, 0.15) is 54.4 Å². The Bertz CT molecular complexity index is 2780. The fourth-order valence-electron chi connectivity index (χ4n) is 9.37.